The number of carbonyl (C=O) groups is 2. The minimum Gasteiger partial charge on any atom is -0.353 e. The molecule has 0 aliphatic carbocycles. The first-order valence-electron chi connectivity index (χ1n) is 9.28. The van der Waals surface area contributed by atoms with Crippen molar-refractivity contribution in [2.75, 3.05) is 32.7 Å². The first-order valence-corrected chi connectivity index (χ1v) is 9.28. The second kappa shape index (κ2) is 8.30. The van der Waals surface area contributed by atoms with E-state index >= 15 is 0 Å². The maximum absolute atomic E-state index is 12.9. The van der Waals surface area contributed by atoms with Gasteiger partial charge in [0.2, 0.25) is 5.91 Å². The van der Waals surface area contributed by atoms with E-state index in [0.29, 0.717) is 43.5 Å². The molecule has 27 heavy (non-hydrogen) atoms. The van der Waals surface area contributed by atoms with Crippen LogP contribution in [0.2, 0.25) is 0 Å². The Bertz CT molecular complexity index is 886. The normalized spacial score (nSPS) is 16.3. The van der Waals surface area contributed by atoms with E-state index in [1.165, 1.54) is 0 Å². The number of rotatable bonds is 5. The van der Waals surface area contributed by atoms with Crippen molar-refractivity contribution in [3.05, 3.63) is 40.3 Å². The topological polar surface area (TPSA) is 98.4 Å². The fourth-order valence-corrected chi connectivity index (χ4v) is 3.16. The third-order valence-corrected chi connectivity index (χ3v) is 4.95. The number of aromatic amines is 1. The zero-order valence-electron chi connectivity index (χ0n) is 15.7. The molecule has 2 amide bonds. The Morgan fingerprint density at radius 2 is 1.85 bits per heavy atom. The highest BCUT2D eigenvalue weighted by molar-refractivity contribution is 6.04. The molecule has 8 heteroatoms. The highest BCUT2D eigenvalue weighted by atomic mass is 16.2. The summed E-state index contributed by atoms with van der Waals surface area (Å²) in [6.07, 6.45) is 0.897. The summed E-state index contributed by atoms with van der Waals surface area (Å²) < 4.78 is 0. The summed E-state index contributed by atoms with van der Waals surface area (Å²) in [5.41, 5.74) is -0.0487. The van der Waals surface area contributed by atoms with Gasteiger partial charge in [0.15, 0.2) is 5.69 Å². The van der Waals surface area contributed by atoms with Crippen LogP contribution in [-0.4, -0.2) is 70.6 Å². The van der Waals surface area contributed by atoms with Gasteiger partial charge in [-0.05, 0) is 19.4 Å². The second-order valence-corrected chi connectivity index (χ2v) is 6.89. The maximum Gasteiger partial charge on any atom is 0.275 e. The summed E-state index contributed by atoms with van der Waals surface area (Å²) in [5.74, 6) is -0.191. The number of piperazine rings is 1. The Morgan fingerprint density at radius 1 is 1.19 bits per heavy atom. The van der Waals surface area contributed by atoms with E-state index in [0.717, 1.165) is 6.42 Å². The summed E-state index contributed by atoms with van der Waals surface area (Å²) in [4.78, 5) is 40.5. The molecule has 1 aromatic carbocycles. The highest BCUT2D eigenvalue weighted by Crippen LogP contribution is 2.15. The summed E-state index contributed by atoms with van der Waals surface area (Å²) in [5, 5.41) is 10.4. The van der Waals surface area contributed by atoms with E-state index in [-0.39, 0.29) is 29.1 Å². The first kappa shape index (κ1) is 19.0. The Morgan fingerprint density at radius 3 is 2.52 bits per heavy atom. The highest BCUT2D eigenvalue weighted by Gasteiger charge is 2.25. The number of nitrogens with one attached hydrogen (secondary N) is 2. The van der Waals surface area contributed by atoms with Gasteiger partial charge in [-0.1, -0.05) is 25.1 Å². The van der Waals surface area contributed by atoms with Gasteiger partial charge in [0, 0.05) is 37.6 Å². The van der Waals surface area contributed by atoms with Gasteiger partial charge in [-0.25, -0.2) is 5.10 Å². The molecule has 1 aliphatic rings. The van der Waals surface area contributed by atoms with Gasteiger partial charge in [0.05, 0.1) is 11.9 Å². The van der Waals surface area contributed by atoms with Gasteiger partial charge in [0.1, 0.15) is 0 Å². The smallest absolute Gasteiger partial charge is 0.275 e. The van der Waals surface area contributed by atoms with Crippen molar-refractivity contribution in [1.29, 1.82) is 0 Å². The average molecular weight is 371 g/mol. The Labute approximate surface area is 157 Å². The molecule has 0 radical (unpaired) electrons. The Hall–Kier alpha value is -2.74. The SMILES string of the molecule is CCC(C)NC(=O)CN1CCN(C(=O)c2n[nH]c(=O)c3ccccc23)CC1. The van der Waals surface area contributed by atoms with Crippen LogP contribution >= 0.6 is 0 Å². The Balaban J connectivity index is 1.63. The van der Waals surface area contributed by atoms with Crippen molar-refractivity contribution in [3.63, 3.8) is 0 Å². The number of H-pyrrole nitrogens is 1. The number of amides is 2. The van der Waals surface area contributed by atoms with Crippen LogP contribution in [0.3, 0.4) is 0 Å². The summed E-state index contributed by atoms with van der Waals surface area (Å²) >= 11 is 0. The second-order valence-electron chi connectivity index (χ2n) is 6.89. The van der Waals surface area contributed by atoms with E-state index in [1.54, 1.807) is 29.2 Å². The molecule has 1 saturated heterocycles. The zero-order chi connectivity index (χ0) is 19.4. The van der Waals surface area contributed by atoms with E-state index in [4.69, 9.17) is 0 Å². The number of carbonyl (C=O) groups excluding carboxylic acids is 2. The van der Waals surface area contributed by atoms with E-state index in [2.05, 4.69) is 15.5 Å². The molecule has 1 aromatic heterocycles. The molecular weight excluding hydrogens is 346 g/mol. The summed E-state index contributed by atoms with van der Waals surface area (Å²) in [6.45, 7) is 6.64. The fourth-order valence-electron chi connectivity index (χ4n) is 3.16. The molecule has 3 rings (SSSR count). The number of benzene rings is 1. The van der Waals surface area contributed by atoms with Crippen LogP contribution in [-0.2, 0) is 4.79 Å². The lowest BCUT2D eigenvalue weighted by Gasteiger charge is -2.34. The molecule has 1 atom stereocenters. The predicted molar refractivity (Wildman–Crippen MR) is 103 cm³/mol. The fraction of sp³-hybridized carbons (Fsp3) is 0.474. The third kappa shape index (κ3) is 4.33. The molecule has 2 heterocycles. The van der Waals surface area contributed by atoms with Crippen LogP contribution in [0, 0.1) is 0 Å². The van der Waals surface area contributed by atoms with E-state index in [1.807, 2.05) is 18.7 Å². The number of nitrogens with zero attached hydrogens (tertiary/aromatic N) is 3. The minimum atomic E-state index is -0.306. The lowest BCUT2D eigenvalue weighted by Crippen LogP contribution is -2.51. The lowest BCUT2D eigenvalue weighted by atomic mass is 10.1. The van der Waals surface area contributed by atoms with Crippen molar-refractivity contribution < 1.29 is 9.59 Å². The molecule has 144 valence electrons. The lowest BCUT2D eigenvalue weighted by molar-refractivity contribution is -0.123. The largest absolute Gasteiger partial charge is 0.353 e. The molecular formula is C19H25N5O3. The van der Waals surface area contributed by atoms with Crippen LogP contribution in [0.1, 0.15) is 30.8 Å². The van der Waals surface area contributed by atoms with Crippen LogP contribution in [0.5, 0.6) is 0 Å². The molecule has 0 spiro atoms. The van der Waals surface area contributed by atoms with Crippen LogP contribution in [0.15, 0.2) is 29.1 Å². The van der Waals surface area contributed by atoms with Crippen molar-refractivity contribution in [2.24, 2.45) is 0 Å². The Kier molecular flexibility index (Phi) is 5.85. The number of hydrogen-bond donors (Lipinski definition) is 2. The van der Waals surface area contributed by atoms with Gasteiger partial charge in [-0.2, -0.15) is 5.10 Å². The quantitative estimate of drug-likeness (QED) is 0.802. The third-order valence-electron chi connectivity index (χ3n) is 4.95. The minimum absolute atomic E-state index is 0.0115. The maximum atomic E-state index is 12.9. The van der Waals surface area contributed by atoms with E-state index in [9.17, 15) is 14.4 Å². The monoisotopic (exact) mass is 371 g/mol. The van der Waals surface area contributed by atoms with Crippen molar-refractivity contribution in [3.8, 4) is 0 Å². The molecule has 1 aliphatic heterocycles. The van der Waals surface area contributed by atoms with Gasteiger partial charge < -0.3 is 10.2 Å². The molecule has 0 saturated carbocycles. The zero-order valence-corrected chi connectivity index (χ0v) is 15.7. The molecule has 0 bridgehead atoms. The van der Waals surface area contributed by atoms with Crippen LogP contribution in [0.4, 0.5) is 0 Å². The van der Waals surface area contributed by atoms with E-state index < -0.39 is 0 Å². The van der Waals surface area contributed by atoms with Crippen LogP contribution in [0.25, 0.3) is 10.8 Å². The summed E-state index contributed by atoms with van der Waals surface area (Å²) in [7, 11) is 0. The first-order chi connectivity index (χ1) is 13.0. The molecule has 1 unspecified atom stereocenters. The van der Waals surface area contributed by atoms with Crippen molar-refractivity contribution in [1.82, 2.24) is 25.3 Å². The molecule has 1 fully saturated rings. The number of aromatic nitrogens is 2. The standard InChI is InChI=1S/C19H25N5O3/c1-3-13(2)20-16(25)12-23-8-10-24(11-9-23)19(27)17-14-6-4-5-7-15(14)18(26)22-21-17/h4-7,13H,3,8-12H2,1-2H3,(H,20,25)(H,22,26). The van der Waals surface area contributed by atoms with Crippen LogP contribution < -0.4 is 10.9 Å². The summed E-state index contributed by atoms with van der Waals surface area (Å²) in [6, 6.07) is 7.13. The molecule has 2 aromatic rings. The van der Waals surface area contributed by atoms with Gasteiger partial charge >= 0.3 is 0 Å². The van der Waals surface area contributed by atoms with Gasteiger partial charge in [-0.3, -0.25) is 19.3 Å². The number of fused-ring (bicyclic) bond motifs is 1. The number of hydrogen-bond acceptors (Lipinski definition) is 5. The average Bonchev–Trinajstić information content (AvgIpc) is 2.68. The van der Waals surface area contributed by atoms with Crippen molar-refractivity contribution >= 4 is 22.6 Å². The molecule has 2 N–H and O–H groups in total. The predicted octanol–water partition coefficient (Wildman–Crippen LogP) is 0.596. The molecule has 8 nitrogen and oxygen atoms in total. The van der Waals surface area contributed by atoms with Gasteiger partial charge in [0.25, 0.3) is 11.5 Å². The van der Waals surface area contributed by atoms with Gasteiger partial charge in [-0.15, -0.1) is 0 Å². The van der Waals surface area contributed by atoms with Crippen molar-refractivity contribution in [2.45, 2.75) is 26.3 Å².